The molecule has 4 aromatic rings. The van der Waals surface area contributed by atoms with Gasteiger partial charge in [-0.2, -0.15) is 19.2 Å². The van der Waals surface area contributed by atoms with E-state index in [4.69, 9.17) is 37.3 Å². The Labute approximate surface area is 262 Å². The molecule has 2 aromatic heterocycles. The molecule has 1 fully saturated rings. The Bertz CT molecular complexity index is 1760. The lowest BCUT2D eigenvalue weighted by Crippen LogP contribution is -2.41. The van der Waals surface area contributed by atoms with Gasteiger partial charge in [0.05, 0.1) is 11.2 Å². The summed E-state index contributed by atoms with van der Waals surface area (Å²) in [6.07, 6.45) is 2.24. The van der Waals surface area contributed by atoms with E-state index in [1.165, 1.54) is 12.1 Å². The van der Waals surface area contributed by atoms with Crippen molar-refractivity contribution in [2.75, 3.05) is 0 Å². The normalized spacial score (nSPS) is 13.6. The quantitative estimate of drug-likeness (QED) is 0.178. The van der Waals surface area contributed by atoms with E-state index >= 15 is 0 Å². The standard InChI is InChI=1S/C12H10O2.C10H7BrO2.C8H15BO2.2CO2/c1-3-9-6-8(2)10-4-5-12(13)14-11(10)7-9;1-6-4-7(11)5-9-8(6)2-3-10(12)13-9;1-6-9-10-7(2,3)8(4,5)11-9;2*2-1-3/h3-7H,1H2,2H3;2-5H,1H3;6H,1H2,2-5H3;;. The predicted octanol–water partition coefficient (Wildman–Crippen LogP) is 6.25. The first-order valence-corrected chi connectivity index (χ1v) is 13.7. The molecule has 0 bridgehead atoms. The largest absolute Gasteiger partial charge is 0.486 e. The minimum atomic E-state index is -0.321. The number of benzene rings is 2. The lowest BCUT2D eigenvalue weighted by atomic mass is 9.90. The van der Waals surface area contributed by atoms with E-state index in [1.54, 1.807) is 30.3 Å². The molecule has 0 atom stereocenters. The average molecular weight is 667 g/mol. The van der Waals surface area contributed by atoms with Crippen molar-refractivity contribution in [3.8, 4) is 0 Å². The van der Waals surface area contributed by atoms with E-state index < -0.39 is 0 Å². The lowest BCUT2D eigenvalue weighted by molar-refractivity contribution is -0.193. The fourth-order valence-corrected chi connectivity index (χ4v) is 4.35. The van der Waals surface area contributed by atoms with Crippen LogP contribution in [0.4, 0.5) is 0 Å². The van der Waals surface area contributed by atoms with Crippen LogP contribution in [-0.2, 0) is 28.5 Å². The summed E-state index contributed by atoms with van der Waals surface area (Å²) in [7, 11) is -0.250. The minimum Gasteiger partial charge on any atom is -0.423 e. The van der Waals surface area contributed by atoms with E-state index in [9.17, 15) is 9.59 Å². The third-order valence-electron chi connectivity index (χ3n) is 6.58. The van der Waals surface area contributed by atoms with Crippen LogP contribution in [0.3, 0.4) is 0 Å². The molecule has 10 nitrogen and oxygen atoms in total. The fraction of sp³-hybridized carbons (Fsp3) is 0.250. The van der Waals surface area contributed by atoms with Crippen molar-refractivity contribution < 1.29 is 37.3 Å². The van der Waals surface area contributed by atoms with Gasteiger partial charge in [-0.1, -0.05) is 40.6 Å². The molecular formula is C32H32BBrO10. The first-order valence-electron chi connectivity index (χ1n) is 12.9. The van der Waals surface area contributed by atoms with Gasteiger partial charge in [-0.05, 0) is 88.6 Å². The molecule has 0 radical (unpaired) electrons. The summed E-state index contributed by atoms with van der Waals surface area (Å²) >= 11 is 3.35. The highest BCUT2D eigenvalue weighted by Crippen LogP contribution is 2.36. The van der Waals surface area contributed by atoms with Crippen LogP contribution in [0, 0.1) is 13.8 Å². The Morgan fingerprint density at radius 3 is 1.52 bits per heavy atom. The van der Waals surface area contributed by atoms with Crippen molar-refractivity contribution in [1.29, 1.82) is 0 Å². The van der Waals surface area contributed by atoms with E-state index in [0.29, 0.717) is 11.2 Å². The van der Waals surface area contributed by atoms with Crippen LogP contribution in [0.5, 0.6) is 0 Å². The van der Waals surface area contributed by atoms with Crippen molar-refractivity contribution in [2.24, 2.45) is 0 Å². The topological polar surface area (TPSA) is 147 Å². The molecular weight excluding hydrogens is 635 g/mol. The van der Waals surface area contributed by atoms with Crippen molar-refractivity contribution >= 4 is 63.4 Å². The molecule has 44 heavy (non-hydrogen) atoms. The van der Waals surface area contributed by atoms with Crippen LogP contribution in [0.15, 0.2) is 90.6 Å². The molecule has 1 aliphatic heterocycles. The Morgan fingerprint density at radius 2 is 1.14 bits per heavy atom. The van der Waals surface area contributed by atoms with Gasteiger partial charge in [0.15, 0.2) is 0 Å². The van der Waals surface area contributed by atoms with E-state index in [2.05, 4.69) is 29.1 Å². The van der Waals surface area contributed by atoms with Crippen LogP contribution in [0.25, 0.3) is 28.0 Å². The number of rotatable bonds is 2. The van der Waals surface area contributed by atoms with E-state index in [1.807, 2.05) is 59.7 Å². The molecule has 3 heterocycles. The Kier molecular flexibility index (Phi) is 14.5. The maximum atomic E-state index is 11.0. The number of aryl methyl sites for hydroxylation is 2. The maximum absolute atomic E-state index is 11.0. The van der Waals surface area contributed by atoms with Gasteiger partial charge in [-0.25, -0.2) is 9.59 Å². The molecule has 0 saturated carbocycles. The summed E-state index contributed by atoms with van der Waals surface area (Å²) in [6, 6.07) is 14.0. The molecule has 230 valence electrons. The lowest BCUT2D eigenvalue weighted by Gasteiger charge is -2.32. The van der Waals surface area contributed by atoms with Crippen LogP contribution >= 0.6 is 15.9 Å². The number of halogens is 1. The number of hydrogen-bond acceptors (Lipinski definition) is 10. The SMILES string of the molecule is C=CB1OC(C)(C)C(C)(C)O1.C=Cc1cc(C)c2ccc(=O)oc2c1.Cc1cc(Br)cc2oc(=O)ccc12.O=C=O.O=C=O. The van der Waals surface area contributed by atoms with Gasteiger partial charge in [0.25, 0.3) is 0 Å². The zero-order valence-corrected chi connectivity index (χ0v) is 26.8. The summed E-state index contributed by atoms with van der Waals surface area (Å²) in [4.78, 5) is 54.4. The summed E-state index contributed by atoms with van der Waals surface area (Å²) < 4.78 is 22.2. The van der Waals surface area contributed by atoms with Crippen molar-refractivity contribution in [3.05, 3.63) is 110 Å². The molecule has 1 aliphatic rings. The first kappa shape index (κ1) is 37.6. The molecule has 12 heteroatoms. The van der Waals surface area contributed by atoms with Crippen molar-refractivity contribution in [2.45, 2.75) is 52.7 Å². The third kappa shape index (κ3) is 10.7. The molecule has 5 rings (SSSR count). The van der Waals surface area contributed by atoms with Gasteiger partial charge < -0.3 is 18.1 Å². The summed E-state index contributed by atoms with van der Waals surface area (Å²) in [5.41, 5.74) is 3.28. The van der Waals surface area contributed by atoms with Crippen LogP contribution in [-0.4, -0.2) is 30.6 Å². The van der Waals surface area contributed by atoms with Gasteiger partial charge in [-0.3, -0.25) is 0 Å². The molecule has 2 aromatic carbocycles. The van der Waals surface area contributed by atoms with Gasteiger partial charge in [0, 0.05) is 27.4 Å². The van der Waals surface area contributed by atoms with Gasteiger partial charge in [-0.15, -0.1) is 6.58 Å². The highest BCUT2D eigenvalue weighted by atomic mass is 79.9. The number of hydrogen-bond donors (Lipinski definition) is 0. The molecule has 1 saturated heterocycles. The van der Waals surface area contributed by atoms with E-state index in [-0.39, 0.29) is 41.9 Å². The second kappa shape index (κ2) is 17.0. The number of carbonyl (C=O) groups excluding carboxylic acids is 4. The second-order valence-electron chi connectivity index (χ2n) is 10.1. The maximum Gasteiger partial charge on any atom is 0.486 e. The summed E-state index contributed by atoms with van der Waals surface area (Å²) in [5, 5.41) is 1.94. The highest BCUT2D eigenvalue weighted by Gasteiger charge is 2.49. The minimum absolute atomic E-state index is 0.230. The fourth-order valence-electron chi connectivity index (χ4n) is 3.80. The van der Waals surface area contributed by atoms with Crippen LogP contribution < -0.4 is 11.3 Å². The van der Waals surface area contributed by atoms with Crippen molar-refractivity contribution in [1.82, 2.24) is 0 Å². The summed E-state index contributed by atoms with van der Waals surface area (Å²) in [6.45, 7) is 19.4. The first-order chi connectivity index (χ1) is 20.6. The Balaban J connectivity index is 0.000000304. The van der Waals surface area contributed by atoms with Gasteiger partial charge >= 0.3 is 30.7 Å². The molecule has 0 aliphatic carbocycles. The van der Waals surface area contributed by atoms with Crippen LogP contribution in [0.1, 0.15) is 44.4 Å². The van der Waals surface area contributed by atoms with Gasteiger partial charge in [0.2, 0.25) is 0 Å². The average Bonchev–Trinajstić information content (AvgIpc) is 3.15. The molecule has 0 unspecified atom stereocenters. The highest BCUT2D eigenvalue weighted by molar-refractivity contribution is 9.10. The zero-order valence-electron chi connectivity index (χ0n) is 25.2. The molecule has 0 amide bonds. The van der Waals surface area contributed by atoms with Crippen LogP contribution in [0.2, 0.25) is 0 Å². The molecule has 0 N–H and O–H groups in total. The van der Waals surface area contributed by atoms with Crippen molar-refractivity contribution in [3.63, 3.8) is 0 Å². The number of fused-ring (bicyclic) bond motifs is 2. The second-order valence-corrected chi connectivity index (χ2v) is 11.0. The monoisotopic (exact) mass is 666 g/mol. The van der Waals surface area contributed by atoms with E-state index in [0.717, 1.165) is 31.9 Å². The Hall–Kier alpha value is -4.44. The zero-order chi connectivity index (χ0) is 33.7. The van der Waals surface area contributed by atoms with Gasteiger partial charge in [0.1, 0.15) is 11.2 Å². The summed E-state index contributed by atoms with van der Waals surface area (Å²) in [5.74, 6) is 1.68. The third-order valence-corrected chi connectivity index (χ3v) is 7.04. The predicted molar refractivity (Wildman–Crippen MR) is 169 cm³/mol. The Morgan fingerprint density at radius 1 is 0.727 bits per heavy atom. The smallest absolute Gasteiger partial charge is 0.423 e. The molecule has 0 spiro atoms.